The van der Waals surface area contributed by atoms with Gasteiger partial charge in [0.15, 0.2) is 31.1 Å². The maximum atomic E-state index is 11.2. The van der Waals surface area contributed by atoms with Crippen LogP contribution in [0.15, 0.2) is 0 Å². The molecule has 2 atom stereocenters. The molecule has 8 radical (unpaired) electrons. The second-order valence-electron chi connectivity index (χ2n) is 7.20. The van der Waals surface area contributed by atoms with E-state index in [0.717, 1.165) is 7.11 Å². The zero-order chi connectivity index (χ0) is 34.6. The van der Waals surface area contributed by atoms with Crippen LogP contribution in [-0.2, 0) is 48.0 Å². The van der Waals surface area contributed by atoms with E-state index >= 15 is 0 Å². The summed E-state index contributed by atoms with van der Waals surface area (Å²) in [4.78, 5) is 75.5. The molecule has 19 nitrogen and oxygen atoms in total. The molecule has 0 aromatic carbocycles. The first-order chi connectivity index (χ1) is 19.7. The number of nitrogens with one attached hydrogen (secondary N) is 4. The summed E-state index contributed by atoms with van der Waals surface area (Å²) >= 11 is -7.73. The molecule has 0 saturated carbocycles. The van der Waals surface area contributed by atoms with Gasteiger partial charge < -0.3 is 30.7 Å². The monoisotopic (exact) mass is 834 g/mol. The van der Waals surface area contributed by atoms with Crippen LogP contribution in [0, 0.1) is 0 Å². The van der Waals surface area contributed by atoms with Crippen molar-refractivity contribution in [3.05, 3.63) is 0 Å². The Morgan fingerprint density at radius 2 is 1.07 bits per heavy atom. The van der Waals surface area contributed by atoms with Crippen LogP contribution in [0.1, 0.15) is 38.5 Å². The maximum absolute atomic E-state index is 11.2. The number of hydrogen-bond acceptors (Lipinski definition) is 15. The standard InChI is InChI=1S/C9H12B2N2O5.C9H14B2N2O4.IO4.Na.2O.Ru/c1-18-7(15)5(12-8(10)16)3-2-4-6(14)13-9(11)17;1-17-7(14)6(13-9(11)16)4-2-3-5-12-8(10)15;2-1(3,4)5;;;;/h5H,2-4H2,1H3,(H,12,16)(H,13,14,17);6H,2-5H2,1H3,(H,12,15)(H,13,16);;;;;/q;;-1;+1;;;/t5-;6-;;;;;/m00...../s1. The van der Waals surface area contributed by atoms with Crippen molar-refractivity contribution in [1.82, 2.24) is 21.3 Å². The topological polar surface area (TPSA) is 312 Å². The van der Waals surface area contributed by atoms with Crippen molar-refractivity contribution in [2.45, 2.75) is 50.6 Å². The summed E-state index contributed by atoms with van der Waals surface area (Å²) in [5.41, 5.74) is 0. The van der Waals surface area contributed by atoms with E-state index in [1.54, 1.807) is 0 Å². The van der Waals surface area contributed by atoms with Crippen molar-refractivity contribution >= 4 is 72.5 Å². The zero-order valence-electron chi connectivity index (χ0n) is 23.8. The Bertz CT molecular complexity index is 941. The van der Waals surface area contributed by atoms with Gasteiger partial charge in [-0.15, -0.1) is 0 Å². The summed E-state index contributed by atoms with van der Waals surface area (Å²) in [6.07, 6.45) is 2.02. The van der Waals surface area contributed by atoms with E-state index in [0.29, 0.717) is 25.8 Å². The first-order valence-corrected chi connectivity index (χ1v) is 16.1. The third-order valence-electron chi connectivity index (χ3n) is 3.98. The van der Waals surface area contributed by atoms with Crippen molar-refractivity contribution in [3.8, 4) is 0 Å². The quantitative estimate of drug-likeness (QED) is 0.0580. The molecule has 0 rings (SSSR count). The molecule has 0 fully saturated rings. The summed E-state index contributed by atoms with van der Waals surface area (Å²) in [5, 5.41) is 8.75. The molecule has 236 valence electrons. The molecule has 0 unspecified atom stereocenters. The van der Waals surface area contributed by atoms with Gasteiger partial charge in [0.05, 0.1) is 14.2 Å². The third kappa shape index (κ3) is 47.5. The van der Waals surface area contributed by atoms with Crippen molar-refractivity contribution in [1.29, 1.82) is 0 Å². The molecule has 0 aromatic rings. The molecule has 4 N–H and O–H groups in total. The molecule has 0 aliphatic rings. The molecule has 0 aromatic heterocycles. The number of unbranched alkanes of at least 4 members (excludes halogenated alkanes) is 1. The van der Waals surface area contributed by atoms with Crippen LogP contribution >= 0.6 is 0 Å². The van der Waals surface area contributed by atoms with Crippen LogP contribution in [0.2, 0.25) is 0 Å². The van der Waals surface area contributed by atoms with Crippen molar-refractivity contribution in [3.63, 3.8) is 0 Å². The summed E-state index contributed by atoms with van der Waals surface area (Å²) in [5.74, 6) is -4.96. The molecule has 0 spiro atoms. The number of methoxy groups -OCH3 is 2. The Labute approximate surface area is 293 Å². The molecule has 0 heterocycles. The third-order valence-corrected chi connectivity index (χ3v) is 3.98. The normalized spacial score (nSPS) is 10.7. The van der Waals surface area contributed by atoms with Crippen LogP contribution in [0.25, 0.3) is 0 Å². The summed E-state index contributed by atoms with van der Waals surface area (Å²) in [6, 6.07) is -1.68. The van der Waals surface area contributed by atoms with E-state index in [1.807, 2.05) is 5.32 Å². The number of hydrogen-bond donors (Lipinski definition) is 4. The Morgan fingerprint density at radius 3 is 1.36 bits per heavy atom. The fourth-order valence-electron chi connectivity index (χ4n) is 2.48. The number of imide groups is 1. The molecule has 0 bridgehead atoms. The van der Waals surface area contributed by atoms with E-state index in [-0.39, 0.29) is 48.8 Å². The van der Waals surface area contributed by atoms with E-state index in [9.17, 15) is 33.6 Å². The van der Waals surface area contributed by atoms with Gasteiger partial charge in [-0.1, -0.05) is 0 Å². The van der Waals surface area contributed by atoms with Crippen molar-refractivity contribution in [2.24, 2.45) is 0 Å². The van der Waals surface area contributed by atoms with Gasteiger partial charge in [0, 0.05) is 13.0 Å². The Kier molecular flexibility index (Phi) is 39.0. The fraction of sp³-hybridized carbons (Fsp3) is 0.611. The number of rotatable bonds is 13. The van der Waals surface area contributed by atoms with Gasteiger partial charge in [-0.3, -0.25) is 37.7 Å². The Morgan fingerprint density at radius 1 is 0.705 bits per heavy atom. The van der Waals surface area contributed by atoms with Gasteiger partial charge in [0.2, 0.25) is 29.4 Å². The molecule has 5 amide bonds. The predicted molar refractivity (Wildman–Crippen MR) is 128 cm³/mol. The van der Waals surface area contributed by atoms with Gasteiger partial charge >= 0.3 is 65.7 Å². The molecule has 0 saturated heterocycles. The first-order valence-electron chi connectivity index (χ1n) is 11.1. The number of carbonyl (C=O) groups is 7. The molecule has 26 heteroatoms. The SMILES string of the molecule is [B]C(=O)NC(=O)CCC[C@H](NC([B])=O)C(=O)OC.[B]C(=O)NCCCC[C@H](NC([B])=O)C(=O)OC.[Na+].[O-][I+3]([O-])([O-])[O-].[O]=[Ru]=[O]. The van der Waals surface area contributed by atoms with Gasteiger partial charge in [-0.05, 0) is 32.1 Å². The number of ether oxygens (including phenoxy) is 2. The average Bonchev–Trinajstić information content (AvgIpc) is 2.85. The van der Waals surface area contributed by atoms with Crippen LogP contribution < -0.4 is 84.7 Å². The van der Waals surface area contributed by atoms with E-state index in [1.165, 1.54) is 7.11 Å². The van der Waals surface area contributed by atoms with Crippen LogP contribution in [-0.4, -0.2) is 105 Å². The van der Waals surface area contributed by atoms with E-state index < -0.39 is 90.3 Å². The zero-order valence-corrected chi connectivity index (χ0v) is 29.7. The average molecular weight is 833 g/mol. The van der Waals surface area contributed by atoms with Crippen LogP contribution in [0.5, 0.6) is 0 Å². The number of esters is 2. The summed E-state index contributed by atoms with van der Waals surface area (Å²) in [7, 11) is 21.8. The second-order valence-corrected chi connectivity index (χ2v) is 9.64. The Hall–Kier alpha value is -1.46. The van der Waals surface area contributed by atoms with Crippen LogP contribution in [0.3, 0.4) is 0 Å². The fourth-order valence-corrected chi connectivity index (χ4v) is 2.48. The van der Waals surface area contributed by atoms with Gasteiger partial charge in [-0.2, -0.15) is 0 Å². The van der Waals surface area contributed by atoms with Gasteiger partial charge in [0.1, 0.15) is 32.2 Å². The number of amides is 5. The van der Waals surface area contributed by atoms with E-state index in [2.05, 4.69) is 25.4 Å². The Balaban J connectivity index is -0.000000182. The second kappa shape index (κ2) is 32.9. The molecule has 44 heavy (non-hydrogen) atoms. The van der Waals surface area contributed by atoms with Crippen molar-refractivity contribution < 1.29 is 131 Å². The van der Waals surface area contributed by atoms with Gasteiger partial charge in [0.25, 0.3) is 0 Å². The number of halogens is 1. The van der Waals surface area contributed by atoms with Crippen LogP contribution in [0.4, 0.5) is 19.2 Å². The molecule has 0 aliphatic carbocycles. The van der Waals surface area contributed by atoms with Gasteiger partial charge in [-0.25, -0.2) is 9.59 Å². The molecule has 0 aliphatic heterocycles. The summed E-state index contributed by atoms with van der Waals surface area (Å²) < 4.78 is 60.4. The molecular weight excluding hydrogens is 806 g/mol. The molecular formula is C18H26B4IN4NaO15Ru. The summed E-state index contributed by atoms with van der Waals surface area (Å²) in [6.45, 7) is 0.416. The van der Waals surface area contributed by atoms with E-state index in [4.69, 9.17) is 52.3 Å². The first kappa shape index (κ1) is 52.1. The minimum absolute atomic E-state index is 0. The van der Waals surface area contributed by atoms with Crippen molar-refractivity contribution in [2.75, 3.05) is 20.8 Å². The number of carbonyl (C=O) groups excluding carboxylic acids is 7. The predicted octanol–water partition coefficient (Wildman–Crippen LogP) is -12.6. The minimum atomic E-state index is -5.94.